The number of ether oxygens (including phenoxy) is 1. The van der Waals surface area contributed by atoms with Gasteiger partial charge in [0.25, 0.3) is 0 Å². The van der Waals surface area contributed by atoms with Crippen LogP contribution in [0.3, 0.4) is 0 Å². The summed E-state index contributed by atoms with van der Waals surface area (Å²) in [6.07, 6.45) is 4.89. The molecule has 2 bridgehead atoms. The molecule has 0 N–H and O–H groups in total. The summed E-state index contributed by atoms with van der Waals surface area (Å²) in [5.74, 6) is 0. The molecule has 2 heterocycles. The zero-order chi connectivity index (χ0) is 6.43. The highest BCUT2D eigenvalue weighted by Gasteiger charge is 2.30. The van der Waals surface area contributed by atoms with Crippen LogP contribution in [0.1, 0.15) is 13.8 Å². The van der Waals surface area contributed by atoms with E-state index in [4.69, 9.17) is 4.74 Å². The molecule has 0 aromatic carbocycles. The topological polar surface area (TPSA) is 9.23 Å². The fourth-order valence-electron chi connectivity index (χ4n) is 1.39. The van der Waals surface area contributed by atoms with Crippen LogP contribution in [0.25, 0.3) is 0 Å². The second kappa shape index (κ2) is 1.48. The molecule has 48 valence electrons. The molecule has 0 saturated heterocycles. The van der Waals surface area contributed by atoms with E-state index >= 15 is 0 Å². The summed E-state index contributed by atoms with van der Waals surface area (Å²) < 4.78 is 5.51. The van der Waals surface area contributed by atoms with Crippen molar-refractivity contribution in [2.75, 3.05) is 0 Å². The van der Waals surface area contributed by atoms with Crippen LogP contribution in [-0.4, -0.2) is 12.2 Å². The van der Waals surface area contributed by atoms with Crippen LogP contribution in [0, 0.1) is 0 Å². The van der Waals surface area contributed by atoms with E-state index < -0.39 is 0 Å². The Morgan fingerprint density at radius 1 is 1.11 bits per heavy atom. The lowest BCUT2D eigenvalue weighted by Crippen LogP contribution is -2.00. The van der Waals surface area contributed by atoms with Gasteiger partial charge in [0.2, 0.25) is 0 Å². The lowest BCUT2D eigenvalue weighted by molar-refractivity contribution is 0.128. The quantitative estimate of drug-likeness (QED) is 0.444. The van der Waals surface area contributed by atoms with E-state index in [1.54, 1.807) is 0 Å². The Hall–Kier alpha value is -0.560. The van der Waals surface area contributed by atoms with Crippen LogP contribution < -0.4 is 0 Å². The first-order chi connectivity index (χ1) is 4.29. The van der Waals surface area contributed by atoms with Gasteiger partial charge in [-0.3, -0.25) is 0 Å². The molecule has 0 aromatic rings. The molecule has 0 aliphatic carbocycles. The molecular formula is C8H10O. The third-order valence-corrected chi connectivity index (χ3v) is 2.23. The summed E-state index contributed by atoms with van der Waals surface area (Å²) >= 11 is 0. The van der Waals surface area contributed by atoms with Crippen LogP contribution >= 0.6 is 0 Å². The predicted molar refractivity (Wildman–Crippen MR) is 36.2 cm³/mol. The van der Waals surface area contributed by atoms with Crippen molar-refractivity contribution >= 4 is 0 Å². The fourth-order valence-corrected chi connectivity index (χ4v) is 1.39. The first-order valence-corrected chi connectivity index (χ1v) is 3.30. The van der Waals surface area contributed by atoms with Crippen molar-refractivity contribution in [3.63, 3.8) is 0 Å². The molecule has 0 aromatic heterocycles. The minimum Gasteiger partial charge on any atom is -0.358 e. The van der Waals surface area contributed by atoms with Crippen LogP contribution in [0.15, 0.2) is 23.3 Å². The Morgan fingerprint density at radius 3 is 1.78 bits per heavy atom. The van der Waals surface area contributed by atoms with E-state index in [0.29, 0.717) is 12.2 Å². The van der Waals surface area contributed by atoms with Crippen molar-refractivity contribution in [1.29, 1.82) is 0 Å². The third kappa shape index (κ3) is 0.527. The Balaban J connectivity index is 2.41. The first kappa shape index (κ1) is 5.24. The summed E-state index contributed by atoms with van der Waals surface area (Å²) in [6.45, 7) is 4.28. The van der Waals surface area contributed by atoms with Gasteiger partial charge in [-0.25, -0.2) is 0 Å². The van der Waals surface area contributed by atoms with E-state index in [-0.39, 0.29) is 0 Å². The highest BCUT2D eigenvalue weighted by atomic mass is 16.5. The van der Waals surface area contributed by atoms with Gasteiger partial charge in [-0.05, 0) is 25.0 Å². The highest BCUT2D eigenvalue weighted by molar-refractivity contribution is 5.36. The van der Waals surface area contributed by atoms with Crippen LogP contribution in [0.5, 0.6) is 0 Å². The molecule has 2 rings (SSSR count). The molecule has 0 spiro atoms. The number of fused-ring (bicyclic) bond motifs is 2. The molecule has 0 amide bonds. The molecule has 9 heavy (non-hydrogen) atoms. The zero-order valence-corrected chi connectivity index (χ0v) is 5.72. The first-order valence-electron chi connectivity index (χ1n) is 3.30. The summed E-state index contributed by atoms with van der Waals surface area (Å²) in [6, 6.07) is 0. The molecule has 0 saturated carbocycles. The molecule has 2 unspecified atom stereocenters. The van der Waals surface area contributed by atoms with E-state index in [9.17, 15) is 0 Å². The smallest absolute Gasteiger partial charge is 0.0981 e. The van der Waals surface area contributed by atoms with Gasteiger partial charge in [0, 0.05) is 0 Å². The Kier molecular flexibility index (Phi) is 0.862. The number of hydrogen-bond acceptors (Lipinski definition) is 1. The second-order valence-corrected chi connectivity index (χ2v) is 2.73. The maximum atomic E-state index is 5.51. The van der Waals surface area contributed by atoms with E-state index in [0.717, 1.165) is 0 Å². The monoisotopic (exact) mass is 122 g/mol. The number of hydrogen-bond donors (Lipinski definition) is 0. The molecule has 1 nitrogen and oxygen atoms in total. The van der Waals surface area contributed by atoms with Crippen LogP contribution in [0.2, 0.25) is 0 Å². The van der Waals surface area contributed by atoms with Gasteiger partial charge in [0.15, 0.2) is 0 Å². The molecule has 0 radical (unpaired) electrons. The van der Waals surface area contributed by atoms with Gasteiger partial charge in [-0.2, -0.15) is 0 Å². The zero-order valence-electron chi connectivity index (χ0n) is 5.72. The standard InChI is InChI=1S/C8H10O/c1-5-6(2)8-4-3-7(5)9-8/h3-4,7-8H,1-2H3. The Bertz CT molecular complexity index is 181. The fraction of sp³-hybridized carbons (Fsp3) is 0.500. The van der Waals surface area contributed by atoms with Crippen molar-refractivity contribution in [2.45, 2.75) is 26.1 Å². The SMILES string of the molecule is CC1=C(C)C2C=CC1O2. The Labute approximate surface area is 55.0 Å². The summed E-state index contributed by atoms with van der Waals surface area (Å²) in [7, 11) is 0. The van der Waals surface area contributed by atoms with Gasteiger partial charge in [-0.1, -0.05) is 12.2 Å². The minimum absolute atomic E-state index is 0.315. The van der Waals surface area contributed by atoms with Gasteiger partial charge < -0.3 is 4.74 Å². The molecule has 2 atom stereocenters. The predicted octanol–water partition coefficient (Wildman–Crippen LogP) is 1.66. The number of rotatable bonds is 0. The van der Waals surface area contributed by atoms with Crippen molar-refractivity contribution < 1.29 is 4.74 Å². The molecule has 1 heteroatoms. The average molecular weight is 122 g/mol. The van der Waals surface area contributed by atoms with Crippen molar-refractivity contribution in [1.82, 2.24) is 0 Å². The van der Waals surface area contributed by atoms with E-state index in [2.05, 4.69) is 26.0 Å². The van der Waals surface area contributed by atoms with Crippen LogP contribution in [0.4, 0.5) is 0 Å². The van der Waals surface area contributed by atoms with Gasteiger partial charge >= 0.3 is 0 Å². The van der Waals surface area contributed by atoms with Gasteiger partial charge in [0.05, 0.1) is 12.2 Å². The maximum Gasteiger partial charge on any atom is 0.0981 e. The molecule has 2 aliphatic rings. The lowest BCUT2D eigenvalue weighted by Gasteiger charge is -2.01. The summed E-state index contributed by atoms with van der Waals surface area (Å²) in [5.41, 5.74) is 2.81. The molecule has 0 fully saturated rings. The van der Waals surface area contributed by atoms with Crippen LogP contribution in [-0.2, 0) is 4.74 Å². The van der Waals surface area contributed by atoms with Crippen molar-refractivity contribution in [3.8, 4) is 0 Å². The maximum absolute atomic E-state index is 5.51. The highest BCUT2D eigenvalue weighted by Crippen LogP contribution is 2.32. The summed E-state index contributed by atoms with van der Waals surface area (Å²) in [5, 5.41) is 0. The van der Waals surface area contributed by atoms with Gasteiger partial charge in [0.1, 0.15) is 0 Å². The normalized spacial score (nSPS) is 38.9. The van der Waals surface area contributed by atoms with Crippen molar-refractivity contribution in [3.05, 3.63) is 23.3 Å². The summed E-state index contributed by atoms with van der Waals surface area (Å²) in [4.78, 5) is 0. The molecular weight excluding hydrogens is 112 g/mol. The lowest BCUT2D eigenvalue weighted by atomic mass is 10.0. The minimum atomic E-state index is 0.315. The third-order valence-electron chi connectivity index (χ3n) is 2.23. The van der Waals surface area contributed by atoms with Crippen molar-refractivity contribution in [2.24, 2.45) is 0 Å². The van der Waals surface area contributed by atoms with E-state index in [1.807, 2.05) is 0 Å². The molecule has 2 aliphatic heterocycles. The second-order valence-electron chi connectivity index (χ2n) is 2.73. The van der Waals surface area contributed by atoms with E-state index in [1.165, 1.54) is 11.1 Å². The Morgan fingerprint density at radius 2 is 1.56 bits per heavy atom. The largest absolute Gasteiger partial charge is 0.358 e. The van der Waals surface area contributed by atoms with Gasteiger partial charge in [-0.15, -0.1) is 0 Å². The average Bonchev–Trinajstić information content (AvgIpc) is 2.37.